The highest BCUT2D eigenvalue weighted by Gasteiger charge is 2.61. The van der Waals surface area contributed by atoms with Gasteiger partial charge < -0.3 is 19.5 Å². The van der Waals surface area contributed by atoms with Gasteiger partial charge in [0.15, 0.2) is 5.84 Å². The van der Waals surface area contributed by atoms with Crippen molar-refractivity contribution in [3.8, 4) is 0 Å². The standard InChI is InChI=1S/C18H19N3O2/c1-2-13(7-16-12(1)3-4-22-16)17-19-18(23-20-17)14-5-11-6-15(18)10-21(8-11)9-14/h1-4,7,11,14-15H,5-6,8-10H2,(H,19,20). The van der Waals surface area contributed by atoms with E-state index in [4.69, 9.17) is 9.25 Å². The Kier molecular flexibility index (Phi) is 2.21. The van der Waals surface area contributed by atoms with E-state index in [1.165, 1.54) is 19.4 Å². The number of oxime groups is 1. The van der Waals surface area contributed by atoms with E-state index < -0.39 is 0 Å². The van der Waals surface area contributed by atoms with Crippen LogP contribution in [-0.2, 0) is 4.84 Å². The van der Waals surface area contributed by atoms with Crippen LogP contribution in [0.3, 0.4) is 0 Å². The van der Waals surface area contributed by atoms with Gasteiger partial charge in [0, 0.05) is 42.4 Å². The maximum atomic E-state index is 6.10. The maximum absolute atomic E-state index is 6.10. The van der Waals surface area contributed by atoms with E-state index in [2.05, 4.69) is 27.5 Å². The molecule has 1 aromatic carbocycles. The number of fused-ring (bicyclic) bond motifs is 1. The average molecular weight is 309 g/mol. The molecule has 7 rings (SSSR count). The first kappa shape index (κ1) is 12.4. The molecule has 1 aliphatic carbocycles. The minimum absolute atomic E-state index is 0.277. The van der Waals surface area contributed by atoms with Crippen LogP contribution >= 0.6 is 0 Å². The van der Waals surface area contributed by atoms with Crippen molar-refractivity contribution < 1.29 is 9.25 Å². The number of hydrogen-bond acceptors (Lipinski definition) is 5. The second kappa shape index (κ2) is 4.09. The van der Waals surface area contributed by atoms with Crippen LogP contribution in [0.25, 0.3) is 11.0 Å². The van der Waals surface area contributed by atoms with Gasteiger partial charge in [-0.2, -0.15) is 0 Å². The van der Waals surface area contributed by atoms with Gasteiger partial charge in [0.1, 0.15) is 5.58 Å². The maximum Gasteiger partial charge on any atom is 0.217 e. The Hall–Kier alpha value is -2.01. The van der Waals surface area contributed by atoms with Gasteiger partial charge in [-0.3, -0.25) is 0 Å². The summed E-state index contributed by atoms with van der Waals surface area (Å²) in [5.74, 6) is 2.79. The molecule has 1 spiro atoms. The molecule has 5 nitrogen and oxygen atoms in total. The van der Waals surface area contributed by atoms with Crippen molar-refractivity contribution in [2.45, 2.75) is 18.6 Å². The van der Waals surface area contributed by atoms with Crippen molar-refractivity contribution in [2.24, 2.45) is 22.9 Å². The van der Waals surface area contributed by atoms with Crippen molar-refractivity contribution in [1.29, 1.82) is 0 Å². The molecule has 3 saturated heterocycles. The third-order valence-corrected chi connectivity index (χ3v) is 6.25. The molecule has 2 unspecified atom stereocenters. The predicted octanol–water partition coefficient (Wildman–Crippen LogP) is 2.38. The third-order valence-electron chi connectivity index (χ3n) is 6.25. The van der Waals surface area contributed by atoms with Gasteiger partial charge in [0.2, 0.25) is 5.72 Å². The lowest BCUT2D eigenvalue weighted by molar-refractivity contribution is -0.209. The summed E-state index contributed by atoms with van der Waals surface area (Å²) in [5.41, 5.74) is 1.66. The van der Waals surface area contributed by atoms with E-state index >= 15 is 0 Å². The van der Waals surface area contributed by atoms with E-state index in [1.807, 2.05) is 12.1 Å². The minimum atomic E-state index is -0.277. The highest BCUT2D eigenvalue weighted by molar-refractivity contribution is 6.02. The zero-order valence-corrected chi connectivity index (χ0v) is 12.9. The Balaban J connectivity index is 1.35. The third kappa shape index (κ3) is 1.58. The lowest BCUT2D eigenvalue weighted by Gasteiger charge is -2.58. The molecule has 1 N–H and O–H groups in total. The summed E-state index contributed by atoms with van der Waals surface area (Å²) in [7, 11) is 0. The monoisotopic (exact) mass is 309 g/mol. The summed E-state index contributed by atoms with van der Waals surface area (Å²) in [5, 5.41) is 9.24. The van der Waals surface area contributed by atoms with Crippen LogP contribution in [0, 0.1) is 17.8 Å². The molecule has 0 radical (unpaired) electrons. The first-order valence-corrected chi connectivity index (χ1v) is 8.54. The number of rotatable bonds is 1. The Morgan fingerprint density at radius 3 is 2.83 bits per heavy atom. The number of nitrogens with zero attached hydrogens (tertiary/aromatic N) is 2. The van der Waals surface area contributed by atoms with E-state index in [9.17, 15) is 0 Å². The summed E-state index contributed by atoms with van der Waals surface area (Å²) in [6.07, 6.45) is 4.25. The molecule has 1 aromatic heterocycles. The molecule has 4 fully saturated rings. The van der Waals surface area contributed by atoms with Crippen molar-refractivity contribution in [3.63, 3.8) is 0 Å². The van der Waals surface area contributed by atoms with Crippen molar-refractivity contribution >= 4 is 16.8 Å². The fraction of sp³-hybridized carbons (Fsp3) is 0.500. The largest absolute Gasteiger partial charge is 0.464 e. The van der Waals surface area contributed by atoms with E-state index in [0.29, 0.717) is 11.8 Å². The highest BCUT2D eigenvalue weighted by Crippen LogP contribution is 2.51. The molecule has 4 bridgehead atoms. The Labute approximate surface area is 134 Å². The molecular formula is C18H19N3O2. The summed E-state index contributed by atoms with van der Waals surface area (Å²) < 4.78 is 5.52. The Morgan fingerprint density at radius 1 is 1.13 bits per heavy atom. The zero-order chi connectivity index (χ0) is 15.0. The molecule has 0 amide bonds. The van der Waals surface area contributed by atoms with Crippen molar-refractivity contribution in [3.05, 3.63) is 36.1 Å². The van der Waals surface area contributed by atoms with Gasteiger partial charge in [-0.15, -0.1) is 0 Å². The van der Waals surface area contributed by atoms with E-state index in [1.54, 1.807) is 6.26 Å². The molecule has 23 heavy (non-hydrogen) atoms. The normalized spacial score (nSPS) is 40.4. The molecule has 1 saturated carbocycles. The van der Waals surface area contributed by atoms with Gasteiger partial charge in [-0.25, -0.2) is 0 Å². The fourth-order valence-electron chi connectivity index (χ4n) is 5.30. The summed E-state index contributed by atoms with van der Waals surface area (Å²) in [6, 6.07) is 8.19. The molecule has 2 aromatic rings. The van der Waals surface area contributed by atoms with Gasteiger partial charge in [-0.1, -0.05) is 17.3 Å². The molecular weight excluding hydrogens is 290 g/mol. The lowest BCUT2D eigenvalue weighted by atomic mass is 9.63. The van der Waals surface area contributed by atoms with E-state index in [-0.39, 0.29) is 5.72 Å². The first-order valence-electron chi connectivity index (χ1n) is 8.54. The van der Waals surface area contributed by atoms with Crippen LogP contribution in [0.4, 0.5) is 0 Å². The van der Waals surface area contributed by atoms with Gasteiger partial charge in [-0.05, 0) is 30.9 Å². The van der Waals surface area contributed by atoms with E-state index in [0.717, 1.165) is 41.4 Å². The Morgan fingerprint density at radius 2 is 2.00 bits per heavy atom. The van der Waals surface area contributed by atoms with Crippen LogP contribution in [-0.4, -0.2) is 36.1 Å². The van der Waals surface area contributed by atoms with Gasteiger partial charge in [0.25, 0.3) is 0 Å². The SMILES string of the molecule is c1cc2ccc(C3=NOC4(N3)C3CC5CC4CN(C5)C3)cc2o1. The first-order chi connectivity index (χ1) is 11.3. The molecule has 118 valence electrons. The van der Waals surface area contributed by atoms with Gasteiger partial charge in [0.05, 0.1) is 6.26 Å². The number of benzene rings is 1. The molecule has 5 heterocycles. The second-order valence-electron chi connectivity index (χ2n) is 7.57. The van der Waals surface area contributed by atoms with Crippen LogP contribution in [0.5, 0.6) is 0 Å². The Bertz CT molecular complexity index is 797. The van der Waals surface area contributed by atoms with Crippen LogP contribution < -0.4 is 5.32 Å². The molecule has 5 aliphatic rings. The summed E-state index contributed by atoms with van der Waals surface area (Å²) >= 11 is 0. The number of amidine groups is 1. The quantitative estimate of drug-likeness (QED) is 0.879. The van der Waals surface area contributed by atoms with Gasteiger partial charge >= 0.3 is 0 Å². The number of nitrogens with one attached hydrogen (secondary N) is 1. The fourth-order valence-corrected chi connectivity index (χ4v) is 5.30. The number of hydrogen-bond donors (Lipinski definition) is 1. The summed E-state index contributed by atoms with van der Waals surface area (Å²) in [4.78, 5) is 8.70. The van der Waals surface area contributed by atoms with Crippen molar-refractivity contribution in [2.75, 3.05) is 19.6 Å². The molecule has 5 heteroatoms. The van der Waals surface area contributed by atoms with Crippen molar-refractivity contribution in [1.82, 2.24) is 10.2 Å². The highest BCUT2D eigenvalue weighted by atomic mass is 16.7. The zero-order valence-electron chi connectivity index (χ0n) is 12.9. The van der Waals surface area contributed by atoms with Crippen LogP contribution in [0.1, 0.15) is 18.4 Å². The van der Waals surface area contributed by atoms with Crippen LogP contribution in [0.2, 0.25) is 0 Å². The second-order valence-corrected chi connectivity index (χ2v) is 7.57. The number of furan rings is 1. The average Bonchev–Trinajstić information content (AvgIpc) is 3.19. The topological polar surface area (TPSA) is 50.0 Å². The number of piperidine rings is 3. The smallest absolute Gasteiger partial charge is 0.217 e. The minimum Gasteiger partial charge on any atom is -0.464 e. The summed E-state index contributed by atoms with van der Waals surface area (Å²) in [6.45, 7) is 3.56. The van der Waals surface area contributed by atoms with Crippen LogP contribution in [0.15, 0.2) is 40.1 Å². The molecule has 2 atom stereocenters. The molecule has 4 aliphatic heterocycles. The lowest BCUT2D eigenvalue weighted by Crippen LogP contribution is -2.71. The predicted molar refractivity (Wildman–Crippen MR) is 85.8 cm³/mol.